The zero-order chi connectivity index (χ0) is 21.6. The maximum Gasteiger partial charge on any atom is 0.255 e. The molecule has 4 rings (SSSR count). The van der Waals surface area contributed by atoms with Gasteiger partial charge in [-0.2, -0.15) is 0 Å². The fourth-order valence-electron chi connectivity index (χ4n) is 4.96. The van der Waals surface area contributed by atoms with E-state index in [0.29, 0.717) is 35.3 Å². The molecule has 1 heterocycles. The SMILES string of the molecule is COc1ccccc1NC(=O)c1ccc(NC(=O)CN2CCC[C@H]3CCCC[C@@H]32)cc1. The van der Waals surface area contributed by atoms with Crippen molar-refractivity contribution >= 4 is 23.2 Å². The van der Waals surface area contributed by atoms with Crippen LogP contribution in [0.25, 0.3) is 0 Å². The van der Waals surface area contributed by atoms with Crippen molar-refractivity contribution in [2.24, 2.45) is 5.92 Å². The molecule has 2 atom stereocenters. The third-order valence-electron chi connectivity index (χ3n) is 6.49. The topological polar surface area (TPSA) is 70.7 Å². The second-order valence-corrected chi connectivity index (χ2v) is 8.50. The number of hydrogen-bond acceptors (Lipinski definition) is 4. The number of ether oxygens (including phenoxy) is 1. The summed E-state index contributed by atoms with van der Waals surface area (Å²) in [5.74, 6) is 1.16. The predicted octanol–water partition coefficient (Wildman–Crippen LogP) is 4.54. The van der Waals surface area contributed by atoms with Crippen molar-refractivity contribution in [3.63, 3.8) is 0 Å². The molecular weight excluding hydrogens is 390 g/mol. The summed E-state index contributed by atoms with van der Waals surface area (Å²) in [6.07, 6.45) is 7.62. The van der Waals surface area contributed by atoms with Gasteiger partial charge in [0.15, 0.2) is 0 Å². The standard InChI is InChI=1S/C25H31N3O3/c1-31-23-11-5-3-9-21(23)27-25(30)19-12-14-20(15-13-19)26-24(29)17-28-16-6-8-18-7-2-4-10-22(18)28/h3,5,9,11-15,18,22H,2,4,6-8,10,16-17H2,1H3,(H,26,29)(H,27,30)/t18-,22+/m1/s1. The van der Waals surface area contributed by atoms with Gasteiger partial charge in [-0.25, -0.2) is 0 Å². The van der Waals surface area contributed by atoms with E-state index in [9.17, 15) is 9.59 Å². The minimum atomic E-state index is -0.223. The quantitative estimate of drug-likeness (QED) is 0.718. The number of nitrogens with one attached hydrogen (secondary N) is 2. The summed E-state index contributed by atoms with van der Waals surface area (Å²) >= 11 is 0. The highest BCUT2D eigenvalue weighted by molar-refractivity contribution is 6.05. The molecule has 0 aromatic heterocycles. The molecular formula is C25H31N3O3. The number of methoxy groups -OCH3 is 1. The van der Waals surface area contributed by atoms with Gasteiger partial charge >= 0.3 is 0 Å². The minimum absolute atomic E-state index is 0.0115. The Morgan fingerprint density at radius 1 is 0.968 bits per heavy atom. The molecule has 2 aliphatic rings. The van der Waals surface area contributed by atoms with Crippen LogP contribution in [-0.4, -0.2) is 43.0 Å². The molecule has 1 saturated carbocycles. The summed E-state index contributed by atoms with van der Waals surface area (Å²) in [5, 5.41) is 5.85. The third kappa shape index (κ3) is 5.25. The Morgan fingerprint density at radius 3 is 2.52 bits per heavy atom. The van der Waals surface area contributed by atoms with E-state index in [4.69, 9.17) is 4.74 Å². The first-order valence-electron chi connectivity index (χ1n) is 11.2. The van der Waals surface area contributed by atoms with Crippen molar-refractivity contribution in [2.45, 2.75) is 44.6 Å². The van der Waals surface area contributed by atoms with Crippen LogP contribution in [-0.2, 0) is 4.79 Å². The van der Waals surface area contributed by atoms with Gasteiger partial charge in [-0.3, -0.25) is 14.5 Å². The largest absolute Gasteiger partial charge is 0.495 e. The molecule has 2 N–H and O–H groups in total. The molecule has 164 valence electrons. The number of hydrogen-bond donors (Lipinski definition) is 2. The van der Waals surface area contributed by atoms with Crippen LogP contribution in [0, 0.1) is 5.92 Å². The Balaban J connectivity index is 1.32. The second kappa shape index (κ2) is 9.96. The monoisotopic (exact) mass is 421 g/mol. The van der Waals surface area contributed by atoms with E-state index in [1.54, 1.807) is 43.5 Å². The first-order valence-corrected chi connectivity index (χ1v) is 11.2. The van der Waals surface area contributed by atoms with Gasteiger partial charge in [0.05, 0.1) is 19.3 Å². The third-order valence-corrected chi connectivity index (χ3v) is 6.49. The van der Waals surface area contributed by atoms with Gasteiger partial charge in [0.2, 0.25) is 5.91 Å². The average Bonchev–Trinajstić information content (AvgIpc) is 2.80. The smallest absolute Gasteiger partial charge is 0.255 e. The summed E-state index contributed by atoms with van der Waals surface area (Å²) in [6, 6.07) is 14.8. The fraction of sp³-hybridized carbons (Fsp3) is 0.440. The lowest BCUT2D eigenvalue weighted by Gasteiger charge is -2.43. The lowest BCUT2D eigenvalue weighted by atomic mass is 9.78. The van der Waals surface area contributed by atoms with Crippen LogP contribution in [0.4, 0.5) is 11.4 Å². The van der Waals surface area contributed by atoms with Crippen LogP contribution < -0.4 is 15.4 Å². The number of likely N-dealkylation sites (tertiary alicyclic amines) is 1. The van der Waals surface area contributed by atoms with Crippen LogP contribution in [0.1, 0.15) is 48.9 Å². The summed E-state index contributed by atoms with van der Waals surface area (Å²) in [6.45, 7) is 1.45. The lowest BCUT2D eigenvalue weighted by molar-refractivity contribution is -0.118. The highest BCUT2D eigenvalue weighted by Gasteiger charge is 2.33. The number of anilines is 2. The lowest BCUT2D eigenvalue weighted by Crippen LogP contribution is -2.49. The normalized spacial score (nSPS) is 21.1. The number of benzene rings is 2. The molecule has 2 aromatic rings. The maximum absolute atomic E-state index is 12.6. The highest BCUT2D eigenvalue weighted by atomic mass is 16.5. The van der Waals surface area contributed by atoms with Crippen LogP contribution in [0.15, 0.2) is 48.5 Å². The predicted molar refractivity (Wildman–Crippen MR) is 123 cm³/mol. The number of carbonyl (C=O) groups excluding carboxylic acids is 2. The molecule has 2 aromatic carbocycles. The number of piperidine rings is 1. The van der Waals surface area contributed by atoms with Gasteiger partial charge in [-0.05, 0) is 74.5 Å². The summed E-state index contributed by atoms with van der Waals surface area (Å²) in [7, 11) is 1.57. The zero-order valence-electron chi connectivity index (χ0n) is 18.1. The van der Waals surface area contributed by atoms with Crippen molar-refractivity contribution in [1.82, 2.24) is 4.90 Å². The van der Waals surface area contributed by atoms with Crippen molar-refractivity contribution in [2.75, 3.05) is 30.8 Å². The number of rotatable bonds is 6. The Kier molecular flexibility index (Phi) is 6.87. The summed E-state index contributed by atoms with van der Waals surface area (Å²) in [4.78, 5) is 27.6. The van der Waals surface area contributed by atoms with E-state index in [1.165, 1.54) is 38.5 Å². The van der Waals surface area contributed by atoms with Gasteiger partial charge in [0.25, 0.3) is 5.91 Å². The van der Waals surface area contributed by atoms with E-state index in [-0.39, 0.29) is 11.8 Å². The Morgan fingerprint density at radius 2 is 1.71 bits per heavy atom. The van der Waals surface area contributed by atoms with Crippen LogP contribution >= 0.6 is 0 Å². The molecule has 0 radical (unpaired) electrons. The molecule has 0 spiro atoms. The first-order chi connectivity index (χ1) is 15.1. The molecule has 2 fully saturated rings. The molecule has 6 heteroatoms. The van der Waals surface area contributed by atoms with E-state index in [0.717, 1.165) is 12.5 Å². The number of para-hydroxylation sites is 2. The van der Waals surface area contributed by atoms with Gasteiger partial charge in [-0.1, -0.05) is 25.0 Å². The molecule has 0 bridgehead atoms. The van der Waals surface area contributed by atoms with Gasteiger partial charge in [0.1, 0.15) is 5.75 Å². The van der Waals surface area contributed by atoms with Crippen molar-refractivity contribution in [3.05, 3.63) is 54.1 Å². The van der Waals surface area contributed by atoms with Crippen molar-refractivity contribution in [1.29, 1.82) is 0 Å². The van der Waals surface area contributed by atoms with Crippen LogP contribution in [0.2, 0.25) is 0 Å². The average molecular weight is 422 g/mol. The Bertz CT molecular complexity index is 910. The summed E-state index contributed by atoms with van der Waals surface area (Å²) in [5.41, 5.74) is 1.84. The van der Waals surface area contributed by atoms with Crippen LogP contribution in [0.5, 0.6) is 5.75 Å². The van der Waals surface area contributed by atoms with Gasteiger partial charge < -0.3 is 15.4 Å². The zero-order valence-corrected chi connectivity index (χ0v) is 18.1. The van der Waals surface area contributed by atoms with E-state index < -0.39 is 0 Å². The van der Waals surface area contributed by atoms with Gasteiger partial charge in [-0.15, -0.1) is 0 Å². The number of fused-ring (bicyclic) bond motifs is 1. The second-order valence-electron chi connectivity index (χ2n) is 8.50. The van der Waals surface area contributed by atoms with Gasteiger partial charge in [0, 0.05) is 17.3 Å². The van der Waals surface area contributed by atoms with E-state index in [2.05, 4.69) is 15.5 Å². The van der Waals surface area contributed by atoms with Crippen LogP contribution in [0.3, 0.4) is 0 Å². The minimum Gasteiger partial charge on any atom is -0.495 e. The molecule has 1 aliphatic carbocycles. The molecule has 31 heavy (non-hydrogen) atoms. The van der Waals surface area contributed by atoms with E-state index >= 15 is 0 Å². The number of amides is 2. The fourth-order valence-corrected chi connectivity index (χ4v) is 4.96. The molecule has 2 amide bonds. The number of nitrogens with zero attached hydrogens (tertiary/aromatic N) is 1. The molecule has 0 unspecified atom stereocenters. The first kappa shape index (κ1) is 21.4. The highest BCUT2D eigenvalue weighted by Crippen LogP contribution is 2.35. The maximum atomic E-state index is 12.6. The summed E-state index contributed by atoms with van der Waals surface area (Å²) < 4.78 is 5.27. The van der Waals surface area contributed by atoms with E-state index in [1.807, 2.05) is 12.1 Å². The Hall–Kier alpha value is -2.86. The Labute approximate surface area is 184 Å². The molecule has 6 nitrogen and oxygen atoms in total. The molecule has 1 aliphatic heterocycles. The van der Waals surface area contributed by atoms with Crippen molar-refractivity contribution < 1.29 is 14.3 Å². The number of carbonyl (C=O) groups is 2. The molecule has 1 saturated heterocycles. The van der Waals surface area contributed by atoms with Crippen molar-refractivity contribution in [3.8, 4) is 5.75 Å².